The third-order valence-corrected chi connectivity index (χ3v) is 8.24. The zero-order valence-corrected chi connectivity index (χ0v) is 21.7. The Morgan fingerprint density at radius 1 is 1.14 bits per heavy atom. The minimum absolute atomic E-state index is 0.0662. The molecule has 0 aromatic heterocycles. The number of thioether (sulfide) groups is 1. The van der Waals surface area contributed by atoms with Gasteiger partial charge in [-0.25, -0.2) is 4.39 Å². The van der Waals surface area contributed by atoms with E-state index in [0.29, 0.717) is 35.9 Å². The van der Waals surface area contributed by atoms with Gasteiger partial charge in [0.1, 0.15) is 5.82 Å². The normalized spacial score (nSPS) is 21.2. The molecule has 2 aliphatic rings. The number of carbonyl (C=O) groups excluding carboxylic acids is 2. The number of nitrogens with one attached hydrogen (secondary N) is 1. The van der Waals surface area contributed by atoms with Gasteiger partial charge in [-0.2, -0.15) is 0 Å². The number of aliphatic hydroxyl groups excluding tert-OH is 2. The van der Waals surface area contributed by atoms with Gasteiger partial charge in [-0.15, -0.1) is 11.8 Å². The number of aliphatic hydroxyl groups is 2. The largest absolute Gasteiger partial charge is 0.380 e. The van der Waals surface area contributed by atoms with Crippen molar-refractivity contribution in [3.05, 3.63) is 80.4 Å². The first-order chi connectivity index (χ1) is 17.2. The Labute approximate surface area is 223 Å². The Morgan fingerprint density at radius 3 is 2.61 bits per heavy atom. The Kier molecular flexibility index (Phi) is 8.96. The Morgan fingerprint density at radius 2 is 1.89 bits per heavy atom. The lowest BCUT2D eigenvalue weighted by atomic mass is 10.0. The number of rotatable bonds is 8. The summed E-state index contributed by atoms with van der Waals surface area (Å²) in [6.07, 6.45) is -1.01. The summed E-state index contributed by atoms with van der Waals surface area (Å²) in [6.45, 7) is 0.662. The highest BCUT2D eigenvalue weighted by Crippen LogP contribution is 2.34. The summed E-state index contributed by atoms with van der Waals surface area (Å²) in [5.74, 6) is -1.90. The van der Waals surface area contributed by atoms with Gasteiger partial charge >= 0.3 is 0 Å². The van der Waals surface area contributed by atoms with Crippen molar-refractivity contribution in [2.24, 2.45) is 0 Å². The van der Waals surface area contributed by atoms with Gasteiger partial charge in [0.15, 0.2) is 12.2 Å². The van der Waals surface area contributed by atoms with Crippen LogP contribution in [-0.4, -0.2) is 57.5 Å². The molecule has 1 fully saturated rings. The molecule has 2 aliphatic heterocycles. The van der Waals surface area contributed by atoms with Gasteiger partial charge in [0.2, 0.25) is 0 Å². The quantitative estimate of drug-likeness (QED) is 0.455. The van der Waals surface area contributed by atoms with Crippen LogP contribution < -0.4 is 5.32 Å². The number of allylic oxidation sites excluding steroid dienone is 1. The summed E-state index contributed by atoms with van der Waals surface area (Å²) in [6, 6.07) is 10.9. The average molecular weight is 553 g/mol. The molecule has 4 rings (SSSR count). The number of hydrogen-bond donors (Lipinski definition) is 3. The first-order valence-electron chi connectivity index (χ1n) is 11.7. The monoisotopic (exact) mass is 552 g/mol. The van der Waals surface area contributed by atoms with Crippen LogP contribution in [0.4, 0.5) is 4.39 Å². The number of hydrogen-bond acceptors (Lipinski definition) is 5. The fraction of sp³-hybridized carbons (Fsp3) is 0.385. The van der Waals surface area contributed by atoms with E-state index in [1.165, 1.54) is 22.6 Å². The van der Waals surface area contributed by atoms with E-state index in [2.05, 4.69) is 5.32 Å². The molecule has 0 saturated carbocycles. The second-order valence-electron chi connectivity index (χ2n) is 9.03. The van der Waals surface area contributed by atoms with Gasteiger partial charge in [-0.1, -0.05) is 47.0 Å². The number of carbonyl (C=O) groups is 2. The van der Waals surface area contributed by atoms with Crippen LogP contribution in [0.3, 0.4) is 0 Å². The molecule has 0 aliphatic carbocycles. The first kappa shape index (κ1) is 26.9. The molecule has 10 heteroatoms. The number of amides is 2. The maximum atomic E-state index is 13.3. The molecule has 192 valence electrons. The minimum Gasteiger partial charge on any atom is -0.380 e. The van der Waals surface area contributed by atoms with E-state index < -0.39 is 24.0 Å². The lowest BCUT2D eigenvalue weighted by molar-refractivity contribution is -0.153. The van der Waals surface area contributed by atoms with Crippen LogP contribution in [0.25, 0.3) is 0 Å². The van der Waals surface area contributed by atoms with Crippen molar-refractivity contribution in [3.8, 4) is 0 Å². The highest BCUT2D eigenvalue weighted by molar-refractivity contribution is 8.03. The van der Waals surface area contributed by atoms with E-state index in [1.807, 2.05) is 11.5 Å². The Hall–Kier alpha value is -2.10. The van der Waals surface area contributed by atoms with Crippen LogP contribution in [0.5, 0.6) is 0 Å². The van der Waals surface area contributed by atoms with E-state index in [4.69, 9.17) is 23.2 Å². The summed E-state index contributed by atoms with van der Waals surface area (Å²) in [5, 5.41) is 26.8. The standard InChI is InChI=1S/C26H27Cl2FN2O4S/c27-18-6-3-17(21(28)12-18)10-15-11-20(36-14-15)13-30-25(34)23(32)24(33)26(35)31-9-1-2-22(31)16-4-7-19(29)8-5-16/h3-8,12,14,20,22-24,32-33H,1-2,9-11,13H2,(H,30,34)/t20?,22?,23-,24-/m1/s1. The van der Waals surface area contributed by atoms with E-state index in [0.717, 1.165) is 17.5 Å². The summed E-state index contributed by atoms with van der Waals surface area (Å²) < 4.78 is 13.3. The van der Waals surface area contributed by atoms with Crippen LogP contribution in [0.1, 0.15) is 36.4 Å². The molecular weight excluding hydrogens is 526 g/mol. The number of likely N-dealkylation sites (tertiary alicyclic amines) is 1. The van der Waals surface area contributed by atoms with E-state index in [9.17, 15) is 24.2 Å². The third kappa shape index (κ3) is 6.42. The van der Waals surface area contributed by atoms with Crippen LogP contribution in [0.2, 0.25) is 10.0 Å². The third-order valence-electron chi connectivity index (χ3n) is 6.46. The van der Waals surface area contributed by atoms with Crippen LogP contribution in [0.15, 0.2) is 53.4 Å². The SMILES string of the molecule is O=C(NCC1CC(Cc2ccc(Cl)cc2Cl)=CS1)[C@H](O)[C@@H](O)C(=O)N1CCCC1c1ccc(F)cc1. The minimum atomic E-state index is -1.89. The molecule has 0 bridgehead atoms. The van der Waals surface area contributed by atoms with Crippen molar-refractivity contribution in [1.29, 1.82) is 0 Å². The molecule has 2 aromatic carbocycles. The van der Waals surface area contributed by atoms with Gasteiger partial charge in [-0.3, -0.25) is 9.59 Å². The molecule has 4 atom stereocenters. The first-order valence-corrected chi connectivity index (χ1v) is 13.4. The fourth-order valence-electron chi connectivity index (χ4n) is 4.55. The highest BCUT2D eigenvalue weighted by Gasteiger charge is 2.38. The Bertz CT molecular complexity index is 1150. The maximum Gasteiger partial charge on any atom is 0.255 e. The second kappa shape index (κ2) is 12.0. The molecule has 0 spiro atoms. The topological polar surface area (TPSA) is 89.9 Å². The van der Waals surface area contributed by atoms with Gasteiger partial charge < -0.3 is 20.4 Å². The predicted octanol–water partition coefficient (Wildman–Crippen LogP) is 4.27. The summed E-state index contributed by atoms with van der Waals surface area (Å²) >= 11 is 13.8. The molecule has 1 saturated heterocycles. The van der Waals surface area contributed by atoms with E-state index in [1.54, 1.807) is 36.0 Å². The highest BCUT2D eigenvalue weighted by atomic mass is 35.5. The molecule has 2 unspecified atom stereocenters. The Balaban J connectivity index is 1.26. The van der Waals surface area contributed by atoms with Gasteiger partial charge in [-0.05, 0) is 66.5 Å². The van der Waals surface area contributed by atoms with E-state index in [-0.39, 0.29) is 23.7 Å². The molecule has 36 heavy (non-hydrogen) atoms. The molecule has 3 N–H and O–H groups in total. The van der Waals surface area contributed by atoms with Crippen molar-refractivity contribution >= 4 is 46.8 Å². The van der Waals surface area contributed by atoms with Crippen molar-refractivity contribution in [2.75, 3.05) is 13.1 Å². The van der Waals surface area contributed by atoms with Crippen LogP contribution in [0, 0.1) is 5.82 Å². The average Bonchev–Trinajstić information content (AvgIpc) is 3.53. The number of halogens is 3. The van der Waals surface area contributed by atoms with Crippen molar-refractivity contribution < 1.29 is 24.2 Å². The molecule has 2 aromatic rings. The van der Waals surface area contributed by atoms with Crippen LogP contribution >= 0.6 is 35.0 Å². The van der Waals surface area contributed by atoms with Gasteiger partial charge in [0.25, 0.3) is 11.8 Å². The zero-order valence-electron chi connectivity index (χ0n) is 19.4. The van der Waals surface area contributed by atoms with Crippen molar-refractivity contribution in [1.82, 2.24) is 10.2 Å². The van der Waals surface area contributed by atoms with Crippen molar-refractivity contribution in [3.63, 3.8) is 0 Å². The van der Waals surface area contributed by atoms with Crippen molar-refractivity contribution in [2.45, 2.75) is 49.2 Å². The zero-order chi connectivity index (χ0) is 25.8. The number of benzene rings is 2. The molecule has 2 heterocycles. The lowest BCUT2D eigenvalue weighted by Gasteiger charge is -2.28. The maximum absolute atomic E-state index is 13.3. The molecule has 2 amide bonds. The second-order valence-corrected chi connectivity index (χ2v) is 11.0. The van der Waals surface area contributed by atoms with Crippen LogP contribution in [-0.2, 0) is 16.0 Å². The van der Waals surface area contributed by atoms with Gasteiger partial charge in [0.05, 0.1) is 6.04 Å². The smallest absolute Gasteiger partial charge is 0.255 e. The predicted molar refractivity (Wildman–Crippen MR) is 139 cm³/mol. The summed E-state index contributed by atoms with van der Waals surface area (Å²) in [5.41, 5.74) is 2.88. The fourth-order valence-corrected chi connectivity index (χ4v) is 6.08. The van der Waals surface area contributed by atoms with Gasteiger partial charge in [0, 0.05) is 28.4 Å². The molecular formula is C26H27Cl2FN2O4S. The van der Waals surface area contributed by atoms with E-state index >= 15 is 0 Å². The lowest BCUT2D eigenvalue weighted by Crippen LogP contribution is -2.51. The summed E-state index contributed by atoms with van der Waals surface area (Å²) in [7, 11) is 0. The molecule has 0 radical (unpaired) electrons. The molecule has 6 nitrogen and oxygen atoms in total. The number of nitrogens with zero attached hydrogens (tertiary/aromatic N) is 1. The summed E-state index contributed by atoms with van der Waals surface area (Å²) in [4.78, 5) is 26.9.